The molecule has 2 nitrogen and oxygen atoms in total. The quantitative estimate of drug-likeness (QED) is 0.544. The number of benzene rings is 2. The maximum absolute atomic E-state index is 10.4. The third-order valence-corrected chi connectivity index (χ3v) is 5.19. The van der Waals surface area contributed by atoms with Crippen LogP contribution >= 0.6 is 0 Å². The van der Waals surface area contributed by atoms with E-state index >= 15 is 0 Å². The van der Waals surface area contributed by atoms with E-state index in [0.717, 1.165) is 16.8 Å². The van der Waals surface area contributed by atoms with E-state index in [-0.39, 0.29) is 16.2 Å². The van der Waals surface area contributed by atoms with Crippen molar-refractivity contribution >= 4 is 11.9 Å². The Morgan fingerprint density at radius 1 is 0.786 bits per heavy atom. The van der Waals surface area contributed by atoms with Gasteiger partial charge in [0.2, 0.25) is 0 Å². The minimum Gasteiger partial charge on any atom is -0.507 e. The van der Waals surface area contributed by atoms with Crippen LogP contribution in [0.3, 0.4) is 0 Å². The lowest BCUT2D eigenvalue weighted by molar-refractivity contribution is 0.470. The summed E-state index contributed by atoms with van der Waals surface area (Å²) >= 11 is 0. The van der Waals surface area contributed by atoms with E-state index in [1.54, 1.807) is 6.21 Å². The molecule has 0 fully saturated rings. The Morgan fingerprint density at radius 2 is 1.29 bits per heavy atom. The monoisotopic (exact) mass is 379 g/mol. The van der Waals surface area contributed by atoms with E-state index in [1.807, 2.05) is 25.1 Å². The third kappa shape index (κ3) is 4.84. The zero-order valence-corrected chi connectivity index (χ0v) is 19.4. The van der Waals surface area contributed by atoms with Crippen molar-refractivity contribution in [3.8, 4) is 5.75 Å². The van der Waals surface area contributed by atoms with Crippen molar-refractivity contribution in [2.45, 2.75) is 85.5 Å². The second kappa shape index (κ2) is 7.39. The molecule has 0 heterocycles. The van der Waals surface area contributed by atoms with Crippen molar-refractivity contribution < 1.29 is 5.11 Å². The first-order chi connectivity index (χ1) is 12.6. The number of hydrogen-bond donors (Lipinski definition) is 1. The molecule has 152 valence electrons. The number of rotatable bonds is 2. The number of para-hydroxylation sites is 1. The Morgan fingerprint density at radius 3 is 1.71 bits per heavy atom. The van der Waals surface area contributed by atoms with Gasteiger partial charge >= 0.3 is 0 Å². The van der Waals surface area contributed by atoms with Gasteiger partial charge in [-0.3, -0.25) is 4.99 Å². The lowest BCUT2D eigenvalue weighted by atomic mass is 9.74. The highest BCUT2D eigenvalue weighted by Crippen LogP contribution is 2.43. The van der Waals surface area contributed by atoms with Gasteiger partial charge in [-0.25, -0.2) is 0 Å². The summed E-state index contributed by atoms with van der Waals surface area (Å²) < 4.78 is 0. The molecule has 0 aliphatic carbocycles. The van der Waals surface area contributed by atoms with Crippen LogP contribution in [-0.4, -0.2) is 11.3 Å². The standard InChI is InChI=1S/C26H37NO/c1-17-12-11-13-18(23(17)28)16-27-22-20(25(5,6)7)14-19(24(2,3)4)15-21(22)26(8,9)10/h11-16,28H,1-10H3. The summed E-state index contributed by atoms with van der Waals surface area (Å²) in [6.07, 6.45) is 1.80. The summed E-state index contributed by atoms with van der Waals surface area (Å²) in [5, 5.41) is 10.4. The van der Waals surface area contributed by atoms with E-state index in [2.05, 4.69) is 74.4 Å². The first-order valence-electron chi connectivity index (χ1n) is 10.1. The smallest absolute Gasteiger partial charge is 0.127 e. The van der Waals surface area contributed by atoms with E-state index in [9.17, 15) is 5.11 Å². The molecule has 0 spiro atoms. The molecule has 28 heavy (non-hydrogen) atoms. The van der Waals surface area contributed by atoms with Gasteiger partial charge in [0.05, 0.1) is 5.69 Å². The Hall–Kier alpha value is -2.09. The van der Waals surface area contributed by atoms with Crippen LogP contribution in [0.2, 0.25) is 0 Å². The molecule has 2 heteroatoms. The maximum Gasteiger partial charge on any atom is 0.127 e. The van der Waals surface area contributed by atoms with E-state index in [1.165, 1.54) is 16.7 Å². The minimum atomic E-state index is -0.0391. The van der Waals surface area contributed by atoms with Gasteiger partial charge in [-0.2, -0.15) is 0 Å². The summed E-state index contributed by atoms with van der Waals surface area (Å²) in [4.78, 5) is 4.95. The topological polar surface area (TPSA) is 32.6 Å². The summed E-state index contributed by atoms with van der Waals surface area (Å²) in [7, 11) is 0. The molecule has 0 aliphatic heterocycles. The molecule has 0 atom stereocenters. The van der Waals surface area contributed by atoms with Crippen LogP contribution in [0, 0.1) is 6.92 Å². The van der Waals surface area contributed by atoms with Crippen molar-refractivity contribution in [1.82, 2.24) is 0 Å². The fourth-order valence-corrected chi connectivity index (χ4v) is 3.27. The van der Waals surface area contributed by atoms with Crippen LogP contribution in [0.1, 0.15) is 90.1 Å². The van der Waals surface area contributed by atoms with E-state index < -0.39 is 0 Å². The van der Waals surface area contributed by atoms with Crippen molar-refractivity contribution in [1.29, 1.82) is 0 Å². The van der Waals surface area contributed by atoms with Gasteiger partial charge in [-0.15, -0.1) is 0 Å². The number of aryl methyl sites for hydroxylation is 1. The van der Waals surface area contributed by atoms with Crippen molar-refractivity contribution in [3.63, 3.8) is 0 Å². The molecule has 0 saturated carbocycles. The average Bonchev–Trinajstić information content (AvgIpc) is 2.53. The van der Waals surface area contributed by atoms with Gasteiger partial charge in [0, 0.05) is 11.8 Å². The average molecular weight is 380 g/mol. The van der Waals surface area contributed by atoms with Crippen molar-refractivity contribution in [2.75, 3.05) is 0 Å². The summed E-state index contributed by atoms with van der Waals surface area (Å²) in [6.45, 7) is 22.1. The number of aromatic hydroxyl groups is 1. The van der Waals surface area contributed by atoms with Crippen LogP contribution in [0.5, 0.6) is 5.75 Å². The largest absolute Gasteiger partial charge is 0.507 e. The molecular formula is C26H37NO. The van der Waals surface area contributed by atoms with Crippen LogP contribution in [0.4, 0.5) is 5.69 Å². The zero-order valence-electron chi connectivity index (χ0n) is 19.4. The number of phenols is 1. The van der Waals surface area contributed by atoms with Crippen molar-refractivity contribution in [3.05, 3.63) is 58.1 Å². The lowest BCUT2D eigenvalue weighted by Gasteiger charge is -2.32. The second-order valence-corrected chi connectivity index (χ2v) is 10.9. The Kier molecular flexibility index (Phi) is 5.86. The van der Waals surface area contributed by atoms with Gasteiger partial charge in [-0.05, 0) is 51.5 Å². The molecule has 2 aromatic rings. The molecule has 2 aromatic carbocycles. The van der Waals surface area contributed by atoms with Crippen molar-refractivity contribution in [2.24, 2.45) is 4.99 Å². The summed E-state index contributed by atoms with van der Waals surface area (Å²) in [6, 6.07) is 10.4. The molecule has 0 radical (unpaired) electrons. The van der Waals surface area contributed by atoms with Gasteiger partial charge in [0.1, 0.15) is 5.75 Å². The van der Waals surface area contributed by atoms with Gasteiger partial charge in [-0.1, -0.05) is 86.6 Å². The molecule has 1 N–H and O–H groups in total. The summed E-state index contributed by atoms with van der Waals surface area (Å²) in [5.74, 6) is 0.298. The third-order valence-electron chi connectivity index (χ3n) is 5.19. The Labute approximate surface area is 171 Å². The van der Waals surface area contributed by atoms with Crippen LogP contribution in [-0.2, 0) is 16.2 Å². The van der Waals surface area contributed by atoms with E-state index in [0.29, 0.717) is 5.75 Å². The van der Waals surface area contributed by atoms with Crippen LogP contribution in [0.25, 0.3) is 0 Å². The fraction of sp³-hybridized carbons (Fsp3) is 0.500. The molecule has 0 bridgehead atoms. The van der Waals surface area contributed by atoms with Crippen LogP contribution in [0.15, 0.2) is 35.3 Å². The first-order valence-corrected chi connectivity index (χ1v) is 10.1. The van der Waals surface area contributed by atoms with Gasteiger partial charge in [0.25, 0.3) is 0 Å². The Bertz CT molecular complexity index is 849. The zero-order chi connectivity index (χ0) is 21.5. The molecule has 2 rings (SSSR count). The summed E-state index contributed by atoms with van der Waals surface area (Å²) in [5.41, 5.74) is 6.44. The molecule has 0 amide bonds. The van der Waals surface area contributed by atoms with Gasteiger partial charge < -0.3 is 5.11 Å². The number of nitrogens with zero attached hydrogens (tertiary/aromatic N) is 1. The normalized spacial score (nSPS) is 13.4. The van der Waals surface area contributed by atoms with E-state index in [4.69, 9.17) is 4.99 Å². The van der Waals surface area contributed by atoms with Gasteiger partial charge in [0.15, 0.2) is 0 Å². The maximum atomic E-state index is 10.4. The number of aliphatic imine (C=N–C) groups is 1. The molecule has 0 aliphatic rings. The highest BCUT2D eigenvalue weighted by atomic mass is 16.3. The first kappa shape index (κ1) is 22.2. The fourth-order valence-electron chi connectivity index (χ4n) is 3.27. The highest BCUT2D eigenvalue weighted by molar-refractivity contribution is 5.87. The highest BCUT2D eigenvalue weighted by Gasteiger charge is 2.28. The predicted octanol–water partition coefficient (Wildman–Crippen LogP) is 7.34. The molecule has 0 unspecified atom stereocenters. The SMILES string of the molecule is Cc1cccc(C=Nc2c(C(C)(C)C)cc(C(C)(C)C)cc2C(C)(C)C)c1O. The minimum absolute atomic E-state index is 0.0391. The molecular weight excluding hydrogens is 342 g/mol. The van der Waals surface area contributed by atoms with Crippen LogP contribution < -0.4 is 0 Å². The predicted molar refractivity (Wildman–Crippen MR) is 123 cm³/mol. The second-order valence-electron chi connectivity index (χ2n) is 10.9. The number of phenolic OH excluding ortho intramolecular Hbond substituents is 1. The Balaban J connectivity index is 2.80. The number of hydrogen-bond acceptors (Lipinski definition) is 2. The lowest BCUT2D eigenvalue weighted by Crippen LogP contribution is -2.21. The molecule has 0 saturated heterocycles. The molecule has 0 aromatic heterocycles.